The number of rotatable bonds is 3. The lowest BCUT2D eigenvalue weighted by molar-refractivity contribution is 0.541. The van der Waals surface area contributed by atoms with E-state index in [4.69, 9.17) is 4.99 Å². The summed E-state index contributed by atoms with van der Waals surface area (Å²) in [7, 11) is 0. The predicted octanol–water partition coefficient (Wildman–Crippen LogP) is 3.77. The lowest BCUT2D eigenvalue weighted by Crippen LogP contribution is -2.23. The van der Waals surface area contributed by atoms with Crippen LogP contribution in [0.25, 0.3) is 0 Å². The number of thioether (sulfide) groups is 1. The van der Waals surface area contributed by atoms with Gasteiger partial charge in [0.25, 0.3) is 0 Å². The zero-order valence-electron chi connectivity index (χ0n) is 11.6. The maximum Gasteiger partial charge on any atom is 0.157 e. The Morgan fingerprint density at radius 1 is 1.22 bits per heavy atom. The van der Waals surface area contributed by atoms with Crippen molar-refractivity contribution in [2.75, 3.05) is 5.75 Å². The maximum atomic E-state index is 4.74. The highest BCUT2D eigenvalue weighted by atomic mass is 32.2. The molecule has 0 spiro atoms. The van der Waals surface area contributed by atoms with Gasteiger partial charge in [-0.1, -0.05) is 55.4 Å². The number of nitrogens with one attached hydrogen (secondary N) is 1. The van der Waals surface area contributed by atoms with Crippen molar-refractivity contribution in [1.82, 2.24) is 5.32 Å². The van der Waals surface area contributed by atoms with Crippen LogP contribution in [0.2, 0.25) is 0 Å². The third-order valence-electron chi connectivity index (χ3n) is 3.36. The summed E-state index contributed by atoms with van der Waals surface area (Å²) in [5.74, 6) is 1.74. The number of nitrogens with zero attached hydrogens (tertiary/aromatic N) is 1. The van der Waals surface area contributed by atoms with E-state index in [1.165, 1.54) is 11.1 Å². The Labute approximate surface area is 114 Å². The van der Waals surface area contributed by atoms with Gasteiger partial charge in [0.15, 0.2) is 5.17 Å². The summed E-state index contributed by atoms with van der Waals surface area (Å²) in [5.41, 5.74) is 2.62. The second kappa shape index (κ2) is 5.79. The van der Waals surface area contributed by atoms with Crippen molar-refractivity contribution in [2.45, 2.75) is 39.8 Å². The van der Waals surface area contributed by atoms with E-state index < -0.39 is 0 Å². The molecule has 0 aromatic heterocycles. The Kier molecular flexibility index (Phi) is 4.33. The Morgan fingerprint density at radius 2 is 1.89 bits per heavy atom. The summed E-state index contributed by atoms with van der Waals surface area (Å²) in [6, 6.07) is 9.49. The molecule has 1 aliphatic heterocycles. The number of hydrogen-bond donors (Lipinski definition) is 1. The van der Waals surface area contributed by atoms with E-state index >= 15 is 0 Å². The Hall–Kier alpha value is -0.960. The standard InChI is InChI=1S/C15H22N2S/c1-10(2)14-9-18-15(17-14)16-12(4)13-7-5-11(3)6-8-13/h5-8,10,12,14H,9H2,1-4H3,(H,16,17). The van der Waals surface area contributed by atoms with Crippen molar-refractivity contribution in [1.29, 1.82) is 0 Å². The topological polar surface area (TPSA) is 24.4 Å². The van der Waals surface area contributed by atoms with Crippen LogP contribution in [-0.2, 0) is 0 Å². The molecule has 2 nitrogen and oxygen atoms in total. The second-order valence-corrected chi connectivity index (χ2v) is 6.34. The predicted molar refractivity (Wildman–Crippen MR) is 81.2 cm³/mol. The van der Waals surface area contributed by atoms with E-state index in [1.54, 1.807) is 0 Å². The fourth-order valence-electron chi connectivity index (χ4n) is 1.93. The molecule has 2 rings (SSSR count). The van der Waals surface area contributed by atoms with Crippen LogP contribution in [0.15, 0.2) is 29.3 Å². The van der Waals surface area contributed by atoms with Crippen LogP contribution in [0.5, 0.6) is 0 Å². The quantitative estimate of drug-likeness (QED) is 0.896. The van der Waals surface area contributed by atoms with Crippen LogP contribution < -0.4 is 5.32 Å². The lowest BCUT2D eigenvalue weighted by atomic mass is 10.1. The Bertz CT molecular complexity index is 423. The van der Waals surface area contributed by atoms with E-state index in [9.17, 15) is 0 Å². The zero-order valence-corrected chi connectivity index (χ0v) is 12.4. The van der Waals surface area contributed by atoms with Crippen molar-refractivity contribution in [3.63, 3.8) is 0 Å². The molecule has 0 saturated carbocycles. The normalized spacial score (nSPS) is 20.9. The third kappa shape index (κ3) is 3.29. The number of benzene rings is 1. The highest BCUT2D eigenvalue weighted by Crippen LogP contribution is 2.24. The van der Waals surface area contributed by atoms with Gasteiger partial charge in [0.1, 0.15) is 0 Å². The lowest BCUT2D eigenvalue weighted by Gasteiger charge is -2.15. The molecule has 0 amide bonds. The van der Waals surface area contributed by atoms with Crippen molar-refractivity contribution in [3.05, 3.63) is 35.4 Å². The minimum atomic E-state index is 0.322. The van der Waals surface area contributed by atoms with Crippen molar-refractivity contribution in [2.24, 2.45) is 10.9 Å². The first-order valence-corrected chi connectivity index (χ1v) is 7.58. The van der Waals surface area contributed by atoms with Gasteiger partial charge in [-0.3, -0.25) is 4.99 Å². The van der Waals surface area contributed by atoms with Crippen LogP contribution in [0.4, 0.5) is 0 Å². The van der Waals surface area contributed by atoms with Gasteiger partial charge >= 0.3 is 0 Å². The second-order valence-electron chi connectivity index (χ2n) is 5.33. The monoisotopic (exact) mass is 262 g/mol. The van der Waals surface area contributed by atoms with Crippen LogP contribution >= 0.6 is 11.8 Å². The first-order chi connectivity index (χ1) is 8.56. The van der Waals surface area contributed by atoms with Gasteiger partial charge in [-0.15, -0.1) is 0 Å². The van der Waals surface area contributed by atoms with Crippen LogP contribution in [-0.4, -0.2) is 17.0 Å². The molecule has 0 aliphatic carbocycles. The van der Waals surface area contributed by atoms with Crippen LogP contribution in [0, 0.1) is 12.8 Å². The van der Waals surface area contributed by atoms with Gasteiger partial charge in [0.05, 0.1) is 12.1 Å². The smallest absolute Gasteiger partial charge is 0.157 e. The number of hydrogen-bond acceptors (Lipinski definition) is 3. The molecule has 1 aromatic rings. The summed E-state index contributed by atoms with van der Waals surface area (Å²) in [4.78, 5) is 4.74. The summed E-state index contributed by atoms with van der Waals surface area (Å²) in [6.07, 6.45) is 0. The van der Waals surface area contributed by atoms with Crippen molar-refractivity contribution < 1.29 is 0 Å². The summed E-state index contributed by atoms with van der Waals surface area (Å²) in [6.45, 7) is 8.78. The van der Waals surface area contributed by atoms with E-state index in [1.807, 2.05) is 11.8 Å². The minimum absolute atomic E-state index is 0.322. The summed E-state index contributed by atoms with van der Waals surface area (Å²) in [5, 5.41) is 4.61. The van der Waals surface area contributed by atoms with Crippen LogP contribution in [0.3, 0.4) is 0 Å². The van der Waals surface area contributed by atoms with E-state index in [2.05, 4.69) is 57.3 Å². The molecule has 1 heterocycles. The molecule has 1 aliphatic rings. The molecule has 1 N–H and O–H groups in total. The molecule has 3 heteroatoms. The van der Waals surface area contributed by atoms with Gasteiger partial charge in [-0.05, 0) is 25.3 Å². The molecule has 2 unspecified atom stereocenters. The number of aryl methyl sites for hydroxylation is 1. The molecular weight excluding hydrogens is 240 g/mol. The highest BCUT2D eigenvalue weighted by molar-refractivity contribution is 8.14. The van der Waals surface area contributed by atoms with E-state index in [-0.39, 0.29) is 0 Å². The van der Waals surface area contributed by atoms with Gasteiger partial charge in [-0.25, -0.2) is 0 Å². The maximum absolute atomic E-state index is 4.74. The summed E-state index contributed by atoms with van der Waals surface area (Å²) >= 11 is 1.84. The first-order valence-electron chi connectivity index (χ1n) is 6.60. The zero-order chi connectivity index (χ0) is 13.1. The van der Waals surface area contributed by atoms with Gasteiger partial charge in [0.2, 0.25) is 0 Å². The van der Waals surface area contributed by atoms with Gasteiger partial charge in [-0.2, -0.15) is 0 Å². The molecule has 98 valence electrons. The van der Waals surface area contributed by atoms with Gasteiger partial charge in [0, 0.05) is 5.75 Å². The molecule has 0 bridgehead atoms. The molecule has 0 fully saturated rings. The average Bonchev–Trinajstić information content (AvgIpc) is 2.78. The number of aliphatic imine (C=N–C) groups is 1. The molecule has 18 heavy (non-hydrogen) atoms. The van der Waals surface area contributed by atoms with Crippen LogP contribution in [0.1, 0.15) is 37.9 Å². The molecule has 0 radical (unpaired) electrons. The van der Waals surface area contributed by atoms with Crippen molar-refractivity contribution in [3.8, 4) is 0 Å². The summed E-state index contributed by atoms with van der Waals surface area (Å²) < 4.78 is 0. The Morgan fingerprint density at radius 3 is 2.44 bits per heavy atom. The molecule has 1 aromatic carbocycles. The van der Waals surface area contributed by atoms with E-state index in [0.717, 1.165) is 10.9 Å². The van der Waals surface area contributed by atoms with Crippen molar-refractivity contribution >= 4 is 16.9 Å². The van der Waals surface area contributed by atoms with E-state index in [0.29, 0.717) is 18.0 Å². The first kappa shape index (κ1) is 13.5. The fraction of sp³-hybridized carbons (Fsp3) is 0.533. The SMILES string of the molecule is Cc1ccc(C(C)NC2=NC(C(C)C)CS2)cc1. The fourth-order valence-corrected chi connectivity index (χ4v) is 3.19. The minimum Gasteiger partial charge on any atom is -0.358 e. The molecular formula is C15H22N2S. The Balaban J connectivity index is 1.98. The highest BCUT2D eigenvalue weighted by Gasteiger charge is 2.22. The largest absolute Gasteiger partial charge is 0.358 e. The molecule has 0 saturated heterocycles. The number of amidine groups is 1. The average molecular weight is 262 g/mol. The third-order valence-corrected chi connectivity index (χ3v) is 4.37. The molecule has 2 atom stereocenters. The van der Waals surface area contributed by atoms with Gasteiger partial charge < -0.3 is 5.32 Å².